The van der Waals surface area contributed by atoms with Gasteiger partial charge in [0, 0.05) is 11.6 Å². The Morgan fingerprint density at radius 2 is 1.31 bits per heavy atom. The molecule has 1 aromatic heterocycles. The summed E-state index contributed by atoms with van der Waals surface area (Å²) in [5.74, 6) is 0.705. The fraction of sp³-hybridized carbons (Fsp3) is 0.233. The van der Waals surface area contributed by atoms with Gasteiger partial charge in [-0.25, -0.2) is 4.98 Å². The molecule has 5 nitrogen and oxygen atoms in total. The predicted octanol–water partition coefficient (Wildman–Crippen LogP) is 6.27. The molecule has 3 aromatic carbocycles. The van der Waals surface area contributed by atoms with E-state index in [4.69, 9.17) is 18.9 Å². The van der Waals surface area contributed by atoms with Gasteiger partial charge in [-0.05, 0) is 22.8 Å². The molecule has 5 rings (SSSR count). The minimum atomic E-state index is -0.359. The Morgan fingerprint density at radius 3 is 1.89 bits per heavy atom. The van der Waals surface area contributed by atoms with Crippen molar-refractivity contribution in [1.29, 1.82) is 0 Å². The van der Waals surface area contributed by atoms with Crippen LogP contribution in [0, 0.1) is 0 Å². The van der Waals surface area contributed by atoms with Crippen molar-refractivity contribution in [3.05, 3.63) is 130 Å². The van der Waals surface area contributed by atoms with Gasteiger partial charge in [-0.2, -0.15) is 0 Å². The Bertz CT molecular complexity index is 1200. The van der Waals surface area contributed by atoms with Gasteiger partial charge in [-0.15, -0.1) is 11.3 Å². The van der Waals surface area contributed by atoms with E-state index >= 15 is 0 Å². The Morgan fingerprint density at radius 1 is 0.722 bits per heavy atom. The molecular weight excluding hydrogens is 470 g/mol. The third-order valence-corrected chi connectivity index (χ3v) is 6.68. The molecule has 1 aliphatic rings. The maximum absolute atomic E-state index is 6.46. The zero-order valence-electron chi connectivity index (χ0n) is 19.9. The maximum atomic E-state index is 6.46. The van der Waals surface area contributed by atoms with Crippen LogP contribution in [0.1, 0.15) is 21.7 Å². The van der Waals surface area contributed by atoms with Crippen molar-refractivity contribution in [3.63, 3.8) is 0 Å². The second-order valence-corrected chi connectivity index (χ2v) is 9.44. The normalized spacial score (nSPS) is 19.4. The molecule has 3 atom stereocenters. The number of hydrogen-bond acceptors (Lipinski definition) is 6. The van der Waals surface area contributed by atoms with Crippen LogP contribution in [0.3, 0.4) is 0 Å². The van der Waals surface area contributed by atoms with Gasteiger partial charge < -0.3 is 18.9 Å². The van der Waals surface area contributed by atoms with Crippen LogP contribution in [0.2, 0.25) is 0 Å². The van der Waals surface area contributed by atoms with E-state index < -0.39 is 0 Å². The average molecular weight is 500 g/mol. The highest BCUT2D eigenvalue weighted by atomic mass is 32.1. The predicted molar refractivity (Wildman–Crippen MR) is 141 cm³/mol. The summed E-state index contributed by atoms with van der Waals surface area (Å²) in [6, 6.07) is 30.4. The summed E-state index contributed by atoms with van der Waals surface area (Å²) in [7, 11) is 0. The topological polar surface area (TPSA) is 49.8 Å². The fourth-order valence-electron chi connectivity index (χ4n) is 4.07. The van der Waals surface area contributed by atoms with Crippen molar-refractivity contribution in [1.82, 2.24) is 4.98 Å². The average Bonchev–Trinajstić information content (AvgIpc) is 3.48. The fourth-order valence-corrected chi connectivity index (χ4v) is 4.67. The lowest BCUT2D eigenvalue weighted by Gasteiger charge is -2.36. The SMILES string of the molecule is C1=C(c2nccs2)O[C@H](COCc2ccccc2)[C@H](OCc2ccccc2)[C@@H]1OCc1ccccc1. The van der Waals surface area contributed by atoms with E-state index in [0.29, 0.717) is 32.2 Å². The van der Waals surface area contributed by atoms with Gasteiger partial charge in [0.15, 0.2) is 16.9 Å². The van der Waals surface area contributed by atoms with Crippen molar-refractivity contribution in [2.45, 2.75) is 38.1 Å². The third kappa shape index (κ3) is 6.68. The van der Waals surface area contributed by atoms with Gasteiger partial charge >= 0.3 is 0 Å². The van der Waals surface area contributed by atoms with Crippen molar-refractivity contribution in [3.8, 4) is 0 Å². The van der Waals surface area contributed by atoms with Crippen molar-refractivity contribution < 1.29 is 18.9 Å². The maximum Gasteiger partial charge on any atom is 0.158 e. The molecule has 184 valence electrons. The van der Waals surface area contributed by atoms with Crippen LogP contribution < -0.4 is 0 Å². The lowest BCUT2D eigenvalue weighted by molar-refractivity contribution is -0.141. The van der Waals surface area contributed by atoms with Crippen LogP contribution in [0.4, 0.5) is 0 Å². The van der Waals surface area contributed by atoms with Gasteiger partial charge in [-0.3, -0.25) is 0 Å². The van der Waals surface area contributed by atoms with E-state index in [1.54, 1.807) is 6.20 Å². The van der Waals surface area contributed by atoms with E-state index in [0.717, 1.165) is 21.7 Å². The smallest absolute Gasteiger partial charge is 0.158 e. The van der Waals surface area contributed by atoms with E-state index in [1.165, 1.54) is 11.3 Å². The molecule has 0 aliphatic carbocycles. The van der Waals surface area contributed by atoms with Crippen molar-refractivity contribution in [2.75, 3.05) is 6.61 Å². The first-order chi connectivity index (χ1) is 17.8. The van der Waals surface area contributed by atoms with Crippen molar-refractivity contribution >= 4 is 17.1 Å². The first-order valence-electron chi connectivity index (χ1n) is 12.1. The second kappa shape index (κ2) is 12.6. The minimum absolute atomic E-state index is 0.327. The second-order valence-electron chi connectivity index (χ2n) is 8.55. The molecule has 2 heterocycles. The number of benzene rings is 3. The Kier molecular flexibility index (Phi) is 8.55. The molecule has 6 heteroatoms. The largest absolute Gasteiger partial charge is 0.482 e. The van der Waals surface area contributed by atoms with Gasteiger partial charge in [0.1, 0.15) is 12.2 Å². The lowest BCUT2D eigenvalue weighted by atomic mass is 10.0. The number of thiazole rings is 1. The van der Waals surface area contributed by atoms with E-state index in [1.807, 2.05) is 66.1 Å². The molecule has 36 heavy (non-hydrogen) atoms. The van der Waals surface area contributed by atoms with Crippen LogP contribution in [-0.2, 0) is 38.8 Å². The molecule has 0 fully saturated rings. The van der Waals surface area contributed by atoms with E-state index in [-0.39, 0.29) is 18.3 Å². The molecule has 1 aliphatic heterocycles. The van der Waals surface area contributed by atoms with Crippen LogP contribution in [-0.4, -0.2) is 29.9 Å². The number of rotatable bonds is 11. The van der Waals surface area contributed by atoms with Gasteiger partial charge in [0.2, 0.25) is 0 Å². The van der Waals surface area contributed by atoms with E-state index in [9.17, 15) is 0 Å². The first-order valence-corrected chi connectivity index (χ1v) is 12.9. The molecule has 0 saturated heterocycles. The molecular formula is C30H29NO4S. The summed E-state index contributed by atoms with van der Waals surface area (Å²) in [4.78, 5) is 4.46. The zero-order valence-corrected chi connectivity index (χ0v) is 20.8. The quantitative estimate of drug-likeness (QED) is 0.243. The van der Waals surface area contributed by atoms with Gasteiger partial charge in [-0.1, -0.05) is 91.0 Å². The highest BCUT2D eigenvalue weighted by Gasteiger charge is 2.38. The van der Waals surface area contributed by atoms with Crippen LogP contribution in [0.15, 0.2) is 109 Å². The standard InChI is InChI=1S/C30H29NO4S/c1-4-10-23(11-5-1)19-32-22-28-29(34-21-25-14-8-3-9-15-25)26(33-20-24-12-6-2-7-13-24)18-27(35-28)30-31-16-17-36-30/h1-18,26,28-29H,19-22H2/t26-,28-,29-/m1/s1. The van der Waals surface area contributed by atoms with Crippen molar-refractivity contribution in [2.24, 2.45) is 0 Å². The Hall–Kier alpha value is -3.29. The number of nitrogens with zero attached hydrogens (tertiary/aromatic N) is 1. The molecule has 0 saturated carbocycles. The molecule has 0 radical (unpaired) electrons. The summed E-state index contributed by atoms with van der Waals surface area (Å²) in [5, 5.41) is 2.76. The number of aromatic nitrogens is 1. The lowest BCUT2D eigenvalue weighted by Crippen LogP contribution is -2.46. The summed E-state index contributed by atoms with van der Waals surface area (Å²) in [6.07, 6.45) is 2.73. The first kappa shape index (κ1) is 24.4. The van der Waals surface area contributed by atoms with Crippen LogP contribution >= 0.6 is 11.3 Å². The highest BCUT2D eigenvalue weighted by Crippen LogP contribution is 2.31. The van der Waals surface area contributed by atoms with Gasteiger partial charge in [0.25, 0.3) is 0 Å². The zero-order chi connectivity index (χ0) is 24.4. The highest BCUT2D eigenvalue weighted by molar-refractivity contribution is 7.10. The summed E-state index contributed by atoms with van der Waals surface area (Å²) >= 11 is 1.54. The summed E-state index contributed by atoms with van der Waals surface area (Å²) in [6.45, 7) is 1.78. The molecule has 0 N–H and O–H groups in total. The number of hydrogen-bond donors (Lipinski definition) is 0. The summed E-state index contributed by atoms with van der Waals surface area (Å²) in [5.41, 5.74) is 3.31. The number of ether oxygens (including phenoxy) is 4. The van der Waals surface area contributed by atoms with E-state index in [2.05, 4.69) is 41.4 Å². The third-order valence-electron chi connectivity index (χ3n) is 5.89. The Labute approximate surface area is 216 Å². The Balaban J connectivity index is 1.36. The molecule has 0 unspecified atom stereocenters. The van der Waals surface area contributed by atoms with Crippen LogP contribution in [0.5, 0.6) is 0 Å². The summed E-state index contributed by atoms with van der Waals surface area (Å²) < 4.78 is 25.4. The van der Waals surface area contributed by atoms with Gasteiger partial charge in [0.05, 0.1) is 26.4 Å². The van der Waals surface area contributed by atoms with Crippen LogP contribution in [0.25, 0.3) is 5.76 Å². The molecule has 0 spiro atoms. The molecule has 4 aromatic rings. The molecule has 0 bridgehead atoms. The minimum Gasteiger partial charge on any atom is -0.482 e. The monoisotopic (exact) mass is 499 g/mol. The molecule has 0 amide bonds.